The number of benzene rings is 2. The number of hydrogen-bond donors (Lipinski definition) is 1. The Morgan fingerprint density at radius 1 is 1.00 bits per heavy atom. The second-order valence-corrected chi connectivity index (χ2v) is 8.53. The molecular formula is C23H29N3S. The summed E-state index contributed by atoms with van der Waals surface area (Å²) in [6, 6.07) is 17.2. The summed E-state index contributed by atoms with van der Waals surface area (Å²) in [6.07, 6.45) is 10.5. The Bertz CT molecular complexity index is 780. The van der Waals surface area contributed by atoms with Crippen molar-refractivity contribution in [3.8, 4) is 0 Å². The molecule has 0 aliphatic heterocycles. The Morgan fingerprint density at radius 3 is 2.41 bits per heavy atom. The topological polar surface area (TPSA) is 43.8 Å². The second kappa shape index (κ2) is 10.2. The minimum Gasteiger partial charge on any atom is -0.399 e. The summed E-state index contributed by atoms with van der Waals surface area (Å²) in [4.78, 5) is 4.19. The van der Waals surface area contributed by atoms with E-state index < -0.39 is 0 Å². The molecule has 0 saturated heterocycles. The van der Waals surface area contributed by atoms with E-state index in [0.29, 0.717) is 5.25 Å². The van der Waals surface area contributed by atoms with Crippen LogP contribution in [0.15, 0.2) is 67.3 Å². The molecule has 0 bridgehead atoms. The van der Waals surface area contributed by atoms with E-state index in [4.69, 9.17) is 5.73 Å². The SMILES string of the molecule is Cc1ccc(CCC(Cn2ccnc2)SCCCc2ccc(N)cc2)cc1. The molecule has 0 aliphatic carbocycles. The van der Waals surface area contributed by atoms with Gasteiger partial charge in [0.1, 0.15) is 0 Å². The van der Waals surface area contributed by atoms with Crippen molar-refractivity contribution >= 4 is 17.4 Å². The van der Waals surface area contributed by atoms with E-state index in [1.54, 1.807) is 0 Å². The van der Waals surface area contributed by atoms with Gasteiger partial charge in [-0.3, -0.25) is 0 Å². The monoisotopic (exact) mass is 379 g/mol. The first-order chi connectivity index (χ1) is 13.2. The van der Waals surface area contributed by atoms with Crippen LogP contribution in [0, 0.1) is 6.92 Å². The lowest BCUT2D eigenvalue weighted by molar-refractivity contribution is 0.623. The maximum atomic E-state index is 5.76. The van der Waals surface area contributed by atoms with Gasteiger partial charge in [0.15, 0.2) is 0 Å². The lowest BCUT2D eigenvalue weighted by Crippen LogP contribution is -2.14. The van der Waals surface area contributed by atoms with Gasteiger partial charge in [-0.15, -0.1) is 0 Å². The van der Waals surface area contributed by atoms with Crippen LogP contribution in [-0.4, -0.2) is 20.6 Å². The largest absolute Gasteiger partial charge is 0.399 e. The van der Waals surface area contributed by atoms with Crippen LogP contribution in [0.3, 0.4) is 0 Å². The van der Waals surface area contributed by atoms with Crippen LogP contribution in [0.4, 0.5) is 5.69 Å². The van der Waals surface area contributed by atoms with Crippen molar-refractivity contribution in [2.75, 3.05) is 11.5 Å². The van der Waals surface area contributed by atoms with Gasteiger partial charge in [0.25, 0.3) is 0 Å². The van der Waals surface area contributed by atoms with Gasteiger partial charge < -0.3 is 10.3 Å². The second-order valence-electron chi connectivity index (χ2n) is 7.12. The maximum Gasteiger partial charge on any atom is 0.0946 e. The molecule has 2 N–H and O–H groups in total. The Labute approximate surface area is 167 Å². The van der Waals surface area contributed by atoms with Crippen LogP contribution in [-0.2, 0) is 19.4 Å². The Kier molecular flexibility index (Phi) is 7.40. The summed E-state index contributed by atoms with van der Waals surface area (Å²) in [5.74, 6) is 1.18. The molecule has 0 saturated carbocycles. The highest BCUT2D eigenvalue weighted by Gasteiger charge is 2.11. The van der Waals surface area contributed by atoms with E-state index in [1.165, 1.54) is 35.3 Å². The molecule has 0 amide bonds. The van der Waals surface area contributed by atoms with Crippen LogP contribution < -0.4 is 5.73 Å². The Morgan fingerprint density at radius 2 is 1.70 bits per heavy atom. The zero-order valence-electron chi connectivity index (χ0n) is 16.1. The zero-order chi connectivity index (χ0) is 18.9. The molecule has 1 atom stereocenters. The van der Waals surface area contributed by atoms with Crippen LogP contribution in [0.5, 0.6) is 0 Å². The first-order valence-corrected chi connectivity index (χ1v) is 10.7. The number of hydrogen-bond acceptors (Lipinski definition) is 3. The number of rotatable bonds is 10. The van der Waals surface area contributed by atoms with Crippen molar-refractivity contribution in [1.82, 2.24) is 9.55 Å². The van der Waals surface area contributed by atoms with Gasteiger partial charge in [0, 0.05) is 29.9 Å². The van der Waals surface area contributed by atoms with Gasteiger partial charge in [0.2, 0.25) is 0 Å². The molecule has 1 heterocycles. The predicted octanol–water partition coefficient (Wildman–Crippen LogP) is 5.14. The number of imidazole rings is 1. The first kappa shape index (κ1) is 19.6. The number of thioether (sulfide) groups is 1. The van der Waals surface area contributed by atoms with Crippen LogP contribution in [0.2, 0.25) is 0 Å². The summed E-state index contributed by atoms with van der Waals surface area (Å²) >= 11 is 2.09. The number of nitrogens with zero attached hydrogens (tertiary/aromatic N) is 2. The maximum absolute atomic E-state index is 5.76. The minimum atomic E-state index is 0.604. The molecule has 27 heavy (non-hydrogen) atoms. The standard InChI is InChI=1S/C23H29N3S/c1-19-4-6-21(7-5-19)10-13-23(17-26-15-14-25-18-26)27-16-2-3-20-8-11-22(24)12-9-20/h4-9,11-12,14-15,18,23H,2-3,10,13,16-17,24H2,1H3. The number of aromatic nitrogens is 2. The molecule has 0 aliphatic rings. The highest BCUT2D eigenvalue weighted by atomic mass is 32.2. The van der Waals surface area contributed by atoms with Gasteiger partial charge in [-0.05, 0) is 61.6 Å². The molecule has 0 spiro atoms. The van der Waals surface area contributed by atoms with E-state index in [9.17, 15) is 0 Å². The van der Waals surface area contributed by atoms with Crippen molar-refractivity contribution < 1.29 is 0 Å². The molecular weight excluding hydrogens is 350 g/mol. The Hall–Kier alpha value is -2.20. The van der Waals surface area contributed by atoms with Gasteiger partial charge >= 0.3 is 0 Å². The van der Waals surface area contributed by atoms with Crippen molar-refractivity contribution in [1.29, 1.82) is 0 Å². The fourth-order valence-electron chi connectivity index (χ4n) is 3.15. The molecule has 1 unspecified atom stereocenters. The summed E-state index contributed by atoms with van der Waals surface area (Å²) in [5.41, 5.74) is 10.7. The molecule has 142 valence electrons. The number of nitrogens with two attached hydrogens (primary N) is 1. The fourth-order valence-corrected chi connectivity index (χ4v) is 4.36. The van der Waals surface area contributed by atoms with Gasteiger partial charge in [-0.2, -0.15) is 11.8 Å². The van der Waals surface area contributed by atoms with Gasteiger partial charge in [-0.25, -0.2) is 4.98 Å². The average Bonchev–Trinajstić information content (AvgIpc) is 3.19. The van der Waals surface area contributed by atoms with E-state index in [-0.39, 0.29) is 0 Å². The number of anilines is 1. The third-order valence-corrected chi connectivity index (χ3v) is 6.17. The third-order valence-electron chi connectivity index (χ3n) is 4.79. The van der Waals surface area contributed by atoms with Crippen molar-refractivity contribution in [2.24, 2.45) is 0 Å². The molecule has 4 heteroatoms. The predicted molar refractivity (Wildman–Crippen MR) is 117 cm³/mol. The highest BCUT2D eigenvalue weighted by molar-refractivity contribution is 7.99. The minimum absolute atomic E-state index is 0.604. The Balaban J connectivity index is 1.48. The van der Waals surface area contributed by atoms with Crippen molar-refractivity contribution in [3.05, 3.63) is 83.9 Å². The quantitative estimate of drug-likeness (QED) is 0.392. The van der Waals surface area contributed by atoms with E-state index in [0.717, 1.165) is 25.1 Å². The van der Waals surface area contributed by atoms with Gasteiger partial charge in [0.05, 0.1) is 6.33 Å². The lowest BCUT2D eigenvalue weighted by atomic mass is 10.1. The van der Waals surface area contributed by atoms with Crippen molar-refractivity contribution in [3.63, 3.8) is 0 Å². The number of aryl methyl sites for hydroxylation is 3. The molecule has 3 nitrogen and oxygen atoms in total. The summed E-state index contributed by atoms with van der Waals surface area (Å²) in [7, 11) is 0. The fraction of sp³-hybridized carbons (Fsp3) is 0.348. The summed E-state index contributed by atoms with van der Waals surface area (Å²) in [6.45, 7) is 3.17. The summed E-state index contributed by atoms with van der Waals surface area (Å²) < 4.78 is 2.20. The summed E-state index contributed by atoms with van der Waals surface area (Å²) in [5, 5.41) is 0.604. The van der Waals surface area contributed by atoms with E-state index in [2.05, 4.69) is 70.8 Å². The van der Waals surface area contributed by atoms with E-state index in [1.807, 2.05) is 24.7 Å². The van der Waals surface area contributed by atoms with Crippen LogP contribution >= 0.6 is 11.8 Å². The zero-order valence-corrected chi connectivity index (χ0v) is 16.9. The number of nitrogen functional groups attached to an aromatic ring is 1. The lowest BCUT2D eigenvalue weighted by Gasteiger charge is -2.17. The first-order valence-electron chi connectivity index (χ1n) is 9.66. The van der Waals surface area contributed by atoms with Crippen LogP contribution in [0.25, 0.3) is 0 Å². The van der Waals surface area contributed by atoms with Gasteiger partial charge in [-0.1, -0.05) is 42.0 Å². The van der Waals surface area contributed by atoms with E-state index >= 15 is 0 Å². The molecule has 0 fully saturated rings. The van der Waals surface area contributed by atoms with Crippen LogP contribution in [0.1, 0.15) is 29.5 Å². The van der Waals surface area contributed by atoms with Crippen molar-refractivity contribution in [2.45, 2.75) is 44.4 Å². The highest BCUT2D eigenvalue weighted by Crippen LogP contribution is 2.21. The normalized spacial score (nSPS) is 12.2. The molecule has 2 aromatic carbocycles. The molecule has 3 aromatic rings. The molecule has 3 rings (SSSR count). The average molecular weight is 380 g/mol. The molecule has 1 aromatic heterocycles. The molecule has 0 radical (unpaired) electrons. The third kappa shape index (κ3) is 6.79. The smallest absolute Gasteiger partial charge is 0.0946 e.